The molecule has 0 aliphatic rings. The Morgan fingerprint density at radius 2 is 0.536 bits per heavy atom. The SMILES string of the molecule is CC.CC.CCC.CO.CO.OCCCO.c1ccccc1.c1ccccc1. The van der Waals surface area contributed by atoms with Gasteiger partial charge in [-0.05, 0) is 6.42 Å². The van der Waals surface area contributed by atoms with Crippen molar-refractivity contribution >= 4 is 0 Å². The van der Waals surface area contributed by atoms with Crippen molar-refractivity contribution < 1.29 is 20.4 Å². The molecule has 4 heteroatoms. The highest BCUT2D eigenvalue weighted by molar-refractivity contribution is 4.99. The van der Waals surface area contributed by atoms with Crippen molar-refractivity contribution in [2.45, 2.75) is 54.4 Å². The van der Waals surface area contributed by atoms with Crippen molar-refractivity contribution in [2.75, 3.05) is 27.4 Å². The van der Waals surface area contributed by atoms with Gasteiger partial charge in [-0.3, -0.25) is 0 Å². The number of hydrogen-bond donors (Lipinski definition) is 4. The third kappa shape index (κ3) is 87.3. The molecular weight excluding hydrogens is 352 g/mol. The van der Waals surface area contributed by atoms with Crippen molar-refractivity contribution in [1.82, 2.24) is 0 Å². The molecule has 0 heterocycles. The van der Waals surface area contributed by atoms with Gasteiger partial charge in [0.15, 0.2) is 0 Å². The van der Waals surface area contributed by atoms with Gasteiger partial charge >= 0.3 is 0 Å². The summed E-state index contributed by atoms with van der Waals surface area (Å²) in [4.78, 5) is 0. The van der Waals surface area contributed by atoms with Gasteiger partial charge < -0.3 is 20.4 Å². The average molecular weight is 401 g/mol. The molecule has 2 aromatic rings. The first-order valence-electron chi connectivity index (χ1n) is 9.94. The van der Waals surface area contributed by atoms with E-state index in [1.807, 2.05) is 100 Å². The highest BCUT2D eigenvalue weighted by atomic mass is 16.3. The van der Waals surface area contributed by atoms with E-state index in [0.717, 1.165) is 14.2 Å². The van der Waals surface area contributed by atoms with E-state index in [-0.39, 0.29) is 13.2 Å². The summed E-state index contributed by atoms with van der Waals surface area (Å²) in [6.45, 7) is 12.4. The Hall–Kier alpha value is -1.72. The minimum atomic E-state index is 0.0938. The topological polar surface area (TPSA) is 80.9 Å². The normalized spacial score (nSPS) is 6.43. The lowest BCUT2D eigenvalue weighted by atomic mass is 10.4. The van der Waals surface area contributed by atoms with Crippen molar-refractivity contribution in [1.29, 1.82) is 0 Å². The molecule has 28 heavy (non-hydrogen) atoms. The van der Waals surface area contributed by atoms with E-state index in [0.29, 0.717) is 6.42 Å². The second-order valence-electron chi connectivity index (χ2n) is 3.82. The zero-order valence-corrected chi connectivity index (χ0v) is 19.5. The first-order valence-corrected chi connectivity index (χ1v) is 9.94. The predicted octanol–water partition coefficient (Wildman–Crippen LogP) is 5.42. The lowest BCUT2D eigenvalue weighted by Gasteiger charge is -1.79. The quantitative estimate of drug-likeness (QED) is 0.542. The maximum Gasteiger partial charge on any atom is 0.0452 e. The molecule has 168 valence electrons. The molecule has 0 aliphatic carbocycles. The van der Waals surface area contributed by atoms with E-state index in [1.54, 1.807) is 0 Å². The fraction of sp³-hybridized carbons (Fsp3) is 0.500. The molecule has 0 unspecified atom stereocenters. The van der Waals surface area contributed by atoms with Gasteiger partial charge in [0.05, 0.1) is 0 Å². The van der Waals surface area contributed by atoms with Crippen LogP contribution in [0.4, 0.5) is 0 Å². The number of rotatable bonds is 2. The second kappa shape index (κ2) is 73.1. The second-order valence-corrected chi connectivity index (χ2v) is 3.82. The highest BCUT2D eigenvalue weighted by Crippen LogP contribution is 1.80. The Balaban J connectivity index is -0.0000000524. The number of hydrogen-bond acceptors (Lipinski definition) is 4. The van der Waals surface area contributed by atoms with Gasteiger partial charge in [-0.2, -0.15) is 0 Å². The van der Waals surface area contributed by atoms with Gasteiger partial charge in [0.2, 0.25) is 0 Å². The van der Waals surface area contributed by atoms with Gasteiger partial charge in [-0.1, -0.05) is 121 Å². The monoisotopic (exact) mass is 400 g/mol. The first-order chi connectivity index (χ1) is 13.8. The van der Waals surface area contributed by atoms with Gasteiger partial charge in [-0.25, -0.2) is 0 Å². The van der Waals surface area contributed by atoms with Crippen molar-refractivity contribution in [3.8, 4) is 0 Å². The molecule has 2 rings (SSSR count). The molecule has 0 atom stereocenters. The van der Waals surface area contributed by atoms with Crippen molar-refractivity contribution in [3.63, 3.8) is 0 Å². The minimum absolute atomic E-state index is 0.0938. The minimum Gasteiger partial charge on any atom is -0.400 e. The van der Waals surface area contributed by atoms with Gasteiger partial charge in [-0.15, -0.1) is 0 Å². The van der Waals surface area contributed by atoms with Crippen LogP contribution in [0.3, 0.4) is 0 Å². The third-order valence-corrected chi connectivity index (χ3v) is 1.65. The van der Waals surface area contributed by atoms with Crippen LogP contribution < -0.4 is 0 Å². The zero-order chi connectivity index (χ0) is 23.3. The van der Waals surface area contributed by atoms with Crippen LogP contribution in [0, 0.1) is 0 Å². The van der Waals surface area contributed by atoms with Crippen LogP contribution in [0.2, 0.25) is 0 Å². The Kier molecular flexibility index (Phi) is 107. The fourth-order valence-corrected chi connectivity index (χ4v) is 0.841. The van der Waals surface area contributed by atoms with E-state index >= 15 is 0 Å². The summed E-state index contributed by atoms with van der Waals surface area (Å²) < 4.78 is 0. The third-order valence-electron chi connectivity index (χ3n) is 1.65. The molecule has 0 saturated heterocycles. The van der Waals surface area contributed by atoms with E-state index < -0.39 is 0 Å². The maximum absolute atomic E-state index is 7.91. The predicted molar refractivity (Wildman–Crippen MR) is 127 cm³/mol. The van der Waals surface area contributed by atoms with Crippen LogP contribution in [0.5, 0.6) is 0 Å². The van der Waals surface area contributed by atoms with Crippen LogP contribution in [0.1, 0.15) is 54.4 Å². The van der Waals surface area contributed by atoms with Crippen molar-refractivity contribution in [3.05, 3.63) is 72.8 Å². The maximum atomic E-state index is 7.91. The molecule has 0 aromatic heterocycles. The smallest absolute Gasteiger partial charge is 0.0452 e. The fourth-order valence-electron chi connectivity index (χ4n) is 0.841. The molecule has 0 fully saturated rings. The standard InChI is InChI=1S/2C6H6.C3H8O2.C3H8.2C2H6.2CH4O/c2*1-2-4-6-5-3-1;4-2-1-3-5;1-3-2;4*1-2/h2*1-6H;4-5H,1-3H2;3H2,1-2H3;2*1-2H3;2*2H,1H3. The summed E-state index contributed by atoms with van der Waals surface area (Å²) in [5.74, 6) is 0. The van der Waals surface area contributed by atoms with E-state index in [9.17, 15) is 0 Å². The summed E-state index contributed by atoms with van der Waals surface area (Å²) in [6.07, 6.45) is 1.75. The van der Waals surface area contributed by atoms with Crippen LogP contribution in [-0.4, -0.2) is 47.9 Å². The summed E-state index contributed by atoms with van der Waals surface area (Å²) in [5, 5.41) is 29.8. The van der Waals surface area contributed by atoms with Crippen LogP contribution >= 0.6 is 0 Å². The molecule has 4 nitrogen and oxygen atoms in total. The van der Waals surface area contributed by atoms with Crippen molar-refractivity contribution in [2.24, 2.45) is 0 Å². The largest absolute Gasteiger partial charge is 0.400 e. The van der Waals surface area contributed by atoms with Crippen LogP contribution in [0.25, 0.3) is 0 Å². The summed E-state index contributed by atoms with van der Waals surface area (Å²) >= 11 is 0. The van der Waals surface area contributed by atoms with Crippen LogP contribution in [-0.2, 0) is 0 Å². The van der Waals surface area contributed by atoms with E-state index in [2.05, 4.69) is 13.8 Å². The average Bonchev–Trinajstić information content (AvgIpc) is 2.83. The molecule has 2 aromatic carbocycles. The Labute approximate surface area is 175 Å². The van der Waals surface area contributed by atoms with Crippen LogP contribution in [0.15, 0.2) is 72.8 Å². The number of benzene rings is 2. The summed E-state index contributed by atoms with van der Waals surface area (Å²) in [5.41, 5.74) is 0. The molecule has 0 radical (unpaired) electrons. The van der Waals surface area contributed by atoms with E-state index in [1.165, 1.54) is 6.42 Å². The van der Waals surface area contributed by atoms with Gasteiger partial charge in [0, 0.05) is 27.4 Å². The Morgan fingerprint density at radius 1 is 0.429 bits per heavy atom. The molecule has 0 spiro atoms. The lowest BCUT2D eigenvalue weighted by molar-refractivity contribution is 0.221. The first kappa shape index (κ1) is 40.8. The van der Waals surface area contributed by atoms with E-state index in [4.69, 9.17) is 20.4 Å². The highest BCUT2D eigenvalue weighted by Gasteiger charge is 1.70. The molecule has 0 aliphatic heterocycles. The summed E-state index contributed by atoms with van der Waals surface area (Å²) in [6, 6.07) is 24.0. The molecule has 4 N–H and O–H groups in total. The Morgan fingerprint density at radius 3 is 0.571 bits per heavy atom. The number of aliphatic hydroxyl groups is 4. The number of aliphatic hydroxyl groups excluding tert-OH is 4. The molecule has 0 bridgehead atoms. The molecule has 0 amide bonds. The molecule has 0 saturated carbocycles. The van der Waals surface area contributed by atoms with Gasteiger partial charge in [0.1, 0.15) is 0 Å². The van der Waals surface area contributed by atoms with Gasteiger partial charge in [0.25, 0.3) is 0 Å². The Bertz CT molecular complexity index is 242. The lowest BCUT2D eigenvalue weighted by Crippen LogP contribution is -1.85. The molecular formula is C24H48O4. The zero-order valence-electron chi connectivity index (χ0n) is 19.5. The summed E-state index contributed by atoms with van der Waals surface area (Å²) in [7, 11) is 2.00.